The van der Waals surface area contributed by atoms with Gasteiger partial charge in [0.05, 0.1) is 18.0 Å². The van der Waals surface area contributed by atoms with Crippen molar-refractivity contribution in [2.75, 3.05) is 26.8 Å². The number of para-hydroxylation sites is 1. The molecule has 1 atom stereocenters. The van der Waals surface area contributed by atoms with Crippen LogP contribution in [0, 0.1) is 0 Å². The molecule has 0 bridgehead atoms. The highest BCUT2D eigenvalue weighted by molar-refractivity contribution is 5.30. The number of ether oxygens (including phenoxy) is 1. The quantitative estimate of drug-likeness (QED) is 0.688. The number of hydrogen-bond acceptors (Lipinski definition) is 4. The fourth-order valence-corrected chi connectivity index (χ4v) is 2.02. The first-order valence-electron chi connectivity index (χ1n) is 7.32. The Hall–Kier alpha value is -1.69. The summed E-state index contributed by atoms with van der Waals surface area (Å²) < 4.78 is 6.90. The molecule has 0 aliphatic rings. The lowest BCUT2D eigenvalue weighted by molar-refractivity contribution is 0.198. The predicted molar refractivity (Wildman–Crippen MR) is 84.6 cm³/mol. The topological polar surface area (TPSA) is 51.1 Å². The first-order valence-corrected chi connectivity index (χ1v) is 7.32. The average molecular weight is 288 g/mol. The summed E-state index contributed by atoms with van der Waals surface area (Å²) >= 11 is 0. The molecule has 21 heavy (non-hydrogen) atoms. The van der Waals surface area contributed by atoms with Crippen molar-refractivity contribution in [3.05, 3.63) is 48.3 Å². The van der Waals surface area contributed by atoms with Crippen LogP contribution in [0.3, 0.4) is 0 Å². The minimum Gasteiger partial charge on any atom is -0.383 e. The number of nitrogens with one attached hydrogen (secondary N) is 2. The van der Waals surface area contributed by atoms with Gasteiger partial charge in [-0.2, -0.15) is 5.10 Å². The van der Waals surface area contributed by atoms with Crippen molar-refractivity contribution in [2.24, 2.45) is 0 Å². The van der Waals surface area contributed by atoms with Gasteiger partial charge in [0, 0.05) is 39.0 Å². The summed E-state index contributed by atoms with van der Waals surface area (Å²) in [4.78, 5) is 0. The van der Waals surface area contributed by atoms with Crippen molar-refractivity contribution in [2.45, 2.75) is 19.5 Å². The first-order chi connectivity index (χ1) is 10.3. The normalized spacial score (nSPS) is 12.5. The molecule has 114 valence electrons. The van der Waals surface area contributed by atoms with E-state index >= 15 is 0 Å². The van der Waals surface area contributed by atoms with Gasteiger partial charge in [-0.05, 0) is 25.1 Å². The van der Waals surface area contributed by atoms with Crippen LogP contribution < -0.4 is 10.6 Å². The lowest BCUT2D eigenvalue weighted by Gasteiger charge is -2.13. The maximum Gasteiger partial charge on any atom is 0.0766 e. The predicted octanol–water partition coefficient (Wildman–Crippen LogP) is 1.59. The summed E-state index contributed by atoms with van der Waals surface area (Å²) in [6.45, 7) is 5.48. The van der Waals surface area contributed by atoms with Gasteiger partial charge in [-0.3, -0.25) is 0 Å². The SMILES string of the molecule is COCCNCC(C)NCc1ccn(-c2ccccc2)n1. The fourth-order valence-electron chi connectivity index (χ4n) is 2.02. The minimum atomic E-state index is 0.392. The molecule has 2 N–H and O–H groups in total. The lowest BCUT2D eigenvalue weighted by Crippen LogP contribution is -2.37. The largest absolute Gasteiger partial charge is 0.383 e. The molecule has 1 heterocycles. The van der Waals surface area contributed by atoms with Crippen molar-refractivity contribution in [3.8, 4) is 5.69 Å². The molecular formula is C16H24N4O. The molecular weight excluding hydrogens is 264 g/mol. The van der Waals surface area contributed by atoms with Crippen molar-refractivity contribution >= 4 is 0 Å². The van der Waals surface area contributed by atoms with Gasteiger partial charge < -0.3 is 15.4 Å². The molecule has 0 amide bonds. The van der Waals surface area contributed by atoms with Crippen LogP contribution in [0.2, 0.25) is 0 Å². The summed E-state index contributed by atoms with van der Waals surface area (Å²) in [5.41, 5.74) is 2.13. The van der Waals surface area contributed by atoms with Crippen LogP contribution in [-0.2, 0) is 11.3 Å². The van der Waals surface area contributed by atoms with E-state index in [0.717, 1.165) is 37.6 Å². The third-order valence-corrected chi connectivity index (χ3v) is 3.23. The van der Waals surface area contributed by atoms with Crippen LogP contribution in [0.1, 0.15) is 12.6 Å². The smallest absolute Gasteiger partial charge is 0.0766 e. The van der Waals surface area contributed by atoms with E-state index < -0.39 is 0 Å². The van der Waals surface area contributed by atoms with Gasteiger partial charge in [-0.25, -0.2) is 4.68 Å². The molecule has 5 heteroatoms. The van der Waals surface area contributed by atoms with E-state index in [0.29, 0.717) is 6.04 Å². The second-order valence-electron chi connectivity index (χ2n) is 5.07. The van der Waals surface area contributed by atoms with Crippen LogP contribution in [0.15, 0.2) is 42.6 Å². The zero-order valence-corrected chi connectivity index (χ0v) is 12.7. The molecule has 0 aliphatic carbocycles. The summed E-state index contributed by atoms with van der Waals surface area (Å²) in [6, 6.07) is 12.6. The highest BCUT2D eigenvalue weighted by Crippen LogP contribution is 2.06. The molecule has 2 aromatic rings. The summed E-state index contributed by atoms with van der Waals surface area (Å²) in [5, 5.41) is 11.4. The zero-order chi connectivity index (χ0) is 14.9. The lowest BCUT2D eigenvalue weighted by atomic mass is 10.3. The highest BCUT2D eigenvalue weighted by atomic mass is 16.5. The molecule has 1 aromatic heterocycles. The van der Waals surface area contributed by atoms with Crippen molar-refractivity contribution in [3.63, 3.8) is 0 Å². The maximum atomic E-state index is 5.00. The standard InChI is InChI=1S/C16H24N4O/c1-14(12-17-9-11-21-2)18-13-15-8-10-20(19-15)16-6-4-3-5-7-16/h3-8,10,14,17-18H,9,11-13H2,1-2H3. The van der Waals surface area contributed by atoms with Crippen LogP contribution >= 0.6 is 0 Å². The minimum absolute atomic E-state index is 0.392. The van der Waals surface area contributed by atoms with Crippen molar-refractivity contribution in [1.29, 1.82) is 0 Å². The summed E-state index contributed by atoms with van der Waals surface area (Å²) in [7, 11) is 1.71. The Morgan fingerprint density at radius 3 is 2.81 bits per heavy atom. The Morgan fingerprint density at radius 2 is 2.05 bits per heavy atom. The Bertz CT molecular complexity index is 512. The third kappa shape index (κ3) is 5.30. The summed E-state index contributed by atoms with van der Waals surface area (Å²) in [5.74, 6) is 0. The molecule has 0 fully saturated rings. The van der Waals surface area contributed by atoms with E-state index in [9.17, 15) is 0 Å². The van der Waals surface area contributed by atoms with Gasteiger partial charge >= 0.3 is 0 Å². The van der Waals surface area contributed by atoms with Gasteiger partial charge in [0.1, 0.15) is 0 Å². The van der Waals surface area contributed by atoms with Gasteiger partial charge in [0.2, 0.25) is 0 Å². The maximum absolute atomic E-state index is 5.00. The van der Waals surface area contributed by atoms with Crippen molar-refractivity contribution < 1.29 is 4.74 Å². The highest BCUT2D eigenvalue weighted by Gasteiger charge is 2.04. The monoisotopic (exact) mass is 288 g/mol. The van der Waals surface area contributed by atoms with Gasteiger partial charge in [-0.1, -0.05) is 18.2 Å². The molecule has 0 saturated heterocycles. The molecule has 0 spiro atoms. The fraction of sp³-hybridized carbons (Fsp3) is 0.438. The van der Waals surface area contributed by atoms with E-state index in [1.165, 1.54) is 0 Å². The Balaban J connectivity index is 1.75. The first kappa shape index (κ1) is 15.7. The molecule has 2 rings (SSSR count). The van der Waals surface area contributed by atoms with E-state index in [1.807, 2.05) is 47.3 Å². The van der Waals surface area contributed by atoms with Gasteiger partial charge in [0.25, 0.3) is 0 Å². The average Bonchev–Trinajstić information content (AvgIpc) is 2.99. The summed E-state index contributed by atoms with van der Waals surface area (Å²) in [6.07, 6.45) is 1.99. The van der Waals surface area contributed by atoms with Gasteiger partial charge in [0.15, 0.2) is 0 Å². The number of nitrogens with zero attached hydrogens (tertiary/aromatic N) is 2. The second kappa shape index (κ2) is 8.56. The van der Waals surface area contributed by atoms with Crippen LogP contribution in [-0.4, -0.2) is 42.6 Å². The van der Waals surface area contributed by atoms with Crippen LogP contribution in [0.5, 0.6) is 0 Å². The molecule has 1 aromatic carbocycles. The Labute approximate surface area is 126 Å². The van der Waals surface area contributed by atoms with Crippen LogP contribution in [0.4, 0.5) is 0 Å². The number of rotatable bonds is 9. The molecule has 0 radical (unpaired) electrons. The van der Waals surface area contributed by atoms with Crippen LogP contribution in [0.25, 0.3) is 5.69 Å². The van der Waals surface area contributed by atoms with E-state index in [1.54, 1.807) is 7.11 Å². The Kier molecular flexibility index (Phi) is 6.40. The van der Waals surface area contributed by atoms with Crippen molar-refractivity contribution in [1.82, 2.24) is 20.4 Å². The number of hydrogen-bond donors (Lipinski definition) is 2. The molecule has 1 unspecified atom stereocenters. The zero-order valence-electron chi connectivity index (χ0n) is 12.7. The number of methoxy groups -OCH3 is 1. The third-order valence-electron chi connectivity index (χ3n) is 3.23. The number of aromatic nitrogens is 2. The molecule has 5 nitrogen and oxygen atoms in total. The Morgan fingerprint density at radius 1 is 1.24 bits per heavy atom. The van der Waals surface area contributed by atoms with E-state index in [-0.39, 0.29) is 0 Å². The van der Waals surface area contributed by atoms with Gasteiger partial charge in [-0.15, -0.1) is 0 Å². The molecule has 0 aliphatic heterocycles. The second-order valence-corrected chi connectivity index (χ2v) is 5.07. The van der Waals surface area contributed by atoms with E-state index in [2.05, 4.69) is 22.7 Å². The number of benzene rings is 1. The molecule has 0 saturated carbocycles. The van der Waals surface area contributed by atoms with E-state index in [4.69, 9.17) is 4.74 Å².